The molecule has 4 nitrogen and oxygen atoms in total. The van der Waals surface area contributed by atoms with Gasteiger partial charge in [-0.1, -0.05) is 12.1 Å². The van der Waals surface area contributed by atoms with Crippen LogP contribution >= 0.6 is 11.3 Å². The fourth-order valence-corrected chi connectivity index (χ4v) is 4.37. The van der Waals surface area contributed by atoms with E-state index in [1.54, 1.807) is 35.0 Å². The van der Waals surface area contributed by atoms with Crippen LogP contribution in [0.2, 0.25) is 0 Å². The Balaban J connectivity index is 1.35. The van der Waals surface area contributed by atoms with E-state index in [1.807, 2.05) is 6.07 Å². The summed E-state index contributed by atoms with van der Waals surface area (Å²) >= 11 is 1.55. The van der Waals surface area contributed by atoms with E-state index in [-0.39, 0.29) is 11.5 Å². The Morgan fingerprint density at radius 3 is 2.54 bits per heavy atom. The molecule has 1 N–H and O–H groups in total. The molecule has 0 unspecified atom stereocenters. The molecule has 0 amide bonds. The van der Waals surface area contributed by atoms with Crippen molar-refractivity contribution in [3.63, 3.8) is 0 Å². The third kappa shape index (κ3) is 4.32. The van der Waals surface area contributed by atoms with Gasteiger partial charge in [0.1, 0.15) is 11.5 Å². The van der Waals surface area contributed by atoms with Gasteiger partial charge in [-0.25, -0.2) is 4.98 Å². The predicted octanol–water partition coefficient (Wildman–Crippen LogP) is 5.36. The van der Waals surface area contributed by atoms with Crippen LogP contribution < -0.4 is 9.64 Å². The first-order chi connectivity index (χ1) is 13.4. The minimum Gasteiger partial charge on any atom is -0.506 e. The van der Waals surface area contributed by atoms with Gasteiger partial charge < -0.3 is 14.7 Å². The number of benzene rings is 2. The van der Waals surface area contributed by atoms with Crippen LogP contribution in [0.3, 0.4) is 0 Å². The zero-order valence-electron chi connectivity index (χ0n) is 14.9. The molecule has 1 saturated heterocycles. The molecule has 0 saturated carbocycles. The summed E-state index contributed by atoms with van der Waals surface area (Å²) in [6.07, 6.45) is -1.93. The van der Waals surface area contributed by atoms with E-state index in [1.165, 1.54) is 12.1 Å². The Hall–Kier alpha value is -2.48. The van der Waals surface area contributed by atoms with Crippen LogP contribution in [0.4, 0.5) is 18.9 Å². The molecule has 0 radical (unpaired) electrons. The molecule has 2 aromatic carbocycles. The minimum absolute atomic E-state index is 0.194. The van der Waals surface area contributed by atoms with E-state index in [0.717, 1.165) is 53.8 Å². The van der Waals surface area contributed by atoms with Gasteiger partial charge in [0, 0.05) is 19.2 Å². The van der Waals surface area contributed by atoms with Crippen molar-refractivity contribution in [2.24, 2.45) is 5.92 Å². The van der Waals surface area contributed by atoms with Crippen molar-refractivity contribution < 1.29 is 23.0 Å². The quantitative estimate of drug-likeness (QED) is 0.631. The summed E-state index contributed by atoms with van der Waals surface area (Å²) in [5, 5.41) is 10.3. The first kappa shape index (κ1) is 18.9. The predicted molar refractivity (Wildman–Crippen MR) is 103 cm³/mol. The number of aromatic hydroxyl groups is 1. The molecule has 4 rings (SSSR count). The van der Waals surface area contributed by atoms with Gasteiger partial charge in [0.15, 0.2) is 0 Å². The van der Waals surface area contributed by atoms with E-state index in [4.69, 9.17) is 0 Å². The van der Waals surface area contributed by atoms with Crippen molar-refractivity contribution >= 4 is 27.2 Å². The second-order valence-electron chi connectivity index (χ2n) is 6.99. The lowest BCUT2D eigenvalue weighted by Gasteiger charge is -2.34. The molecule has 0 spiro atoms. The van der Waals surface area contributed by atoms with Crippen molar-refractivity contribution in [3.8, 4) is 11.5 Å². The van der Waals surface area contributed by atoms with Crippen LogP contribution in [-0.2, 0) is 6.42 Å². The number of fused-ring (bicyclic) bond motifs is 1. The molecule has 8 heteroatoms. The van der Waals surface area contributed by atoms with E-state index in [9.17, 15) is 18.3 Å². The molecule has 0 aliphatic carbocycles. The SMILES string of the molecule is Oc1cc2ncsc2cc1N1CCC(Cc2ccc(OC(F)(F)F)cc2)CC1. The molecule has 148 valence electrons. The van der Waals surface area contributed by atoms with Crippen LogP contribution in [0.15, 0.2) is 41.9 Å². The number of thiazole rings is 1. The lowest BCUT2D eigenvalue weighted by molar-refractivity contribution is -0.274. The maximum absolute atomic E-state index is 12.2. The Labute approximate surface area is 164 Å². The number of rotatable bonds is 4. The van der Waals surface area contributed by atoms with Gasteiger partial charge in [-0.3, -0.25) is 0 Å². The summed E-state index contributed by atoms with van der Waals surface area (Å²) in [5.41, 5.74) is 4.41. The summed E-state index contributed by atoms with van der Waals surface area (Å²) < 4.78 is 41.7. The Kier molecular flexibility index (Phi) is 5.05. The summed E-state index contributed by atoms with van der Waals surface area (Å²) in [4.78, 5) is 6.40. The number of phenols is 1. The summed E-state index contributed by atoms with van der Waals surface area (Å²) in [6, 6.07) is 9.80. The van der Waals surface area contributed by atoms with E-state index >= 15 is 0 Å². The van der Waals surface area contributed by atoms with Gasteiger partial charge in [0.05, 0.1) is 21.4 Å². The van der Waals surface area contributed by atoms with Gasteiger partial charge in [0.2, 0.25) is 0 Å². The third-order valence-electron chi connectivity index (χ3n) is 5.06. The lowest BCUT2D eigenvalue weighted by Crippen LogP contribution is -2.34. The number of hydrogen-bond acceptors (Lipinski definition) is 5. The number of nitrogens with zero attached hydrogens (tertiary/aromatic N) is 2. The fraction of sp³-hybridized carbons (Fsp3) is 0.350. The molecule has 1 fully saturated rings. The molecular formula is C20H19F3N2O2S. The van der Waals surface area contributed by atoms with Crippen LogP contribution in [-0.4, -0.2) is 29.5 Å². The van der Waals surface area contributed by atoms with E-state index < -0.39 is 6.36 Å². The van der Waals surface area contributed by atoms with Gasteiger partial charge in [-0.2, -0.15) is 0 Å². The molecule has 3 aromatic rings. The lowest BCUT2D eigenvalue weighted by atomic mass is 9.90. The Bertz CT molecular complexity index is 948. The first-order valence-corrected chi connectivity index (χ1v) is 9.91. The molecule has 1 aromatic heterocycles. The second-order valence-corrected chi connectivity index (χ2v) is 7.87. The van der Waals surface area contributed by atoms with Crippen molar-refractivity contribution in [2.75, 3.05) is 18.0 Å². The highest BCUT2D eigenvalue weighted by molar-refractivity contribution is 7.16. The largest absolute Gasteiger partial charge is 0.573 e. The van der Waals surface area contributed by atoms with Crippen molar-refractivity contribution in [2.45, 2.75) is 25.6 Å². The van der Waals surface area contributed by atoms with Gasteiger partial charge in [-0.05, 0) is 48.9 Å². The number of hydrogen-bond donors (Lipinski definition) is 1. The standard InChI is InChI=1S/C20H19F3N2O2S/c21-20(22,23)27-15-3-1-13(2-4-15)9-14-5-7-25(8-6-14)17-11-19-16(10-18(17)26)24-12-28-19/h1-4,10-12,14,26H,5-9H2. The van der Waals surface area contributed by atoms with Crippen LogP contribution in [0, 0.1) is 5.92 Å². The molecule has 1 aliphatic rings. The van der Waals surface area contributed by atoms with E-state index in [0.29, 0.717) is 5.92 Å². The highest BCUT2D eigenvalue weighted by atomic mass is 32.1. The molecule has 0 bridgehead atoms. The smallest absolute Gasteiger partial charge is 0.506 e. The fourth-order valence-electron chi connectivity index (χ4n) is 3.67. The normalized spacial score (nSPS) is 15.9. The molecule has 1 aliphatic heterocycles. The molecule has 0 atom stereocenters. The highest BCUT2D eigenvalue weighted by Crippen LogP contribution is 2.36. The number of phenolic OH excluding ortho intramolecular Hbond substituents is 1. The first-order valence-electron chi connectivity index (χ1n) is 9.03. The third-order valence-corrected chi connectivity index (χ3v) is 5.86. The summed E-state index contributed by atoms with van der Waals surface area (Å²) in [7, 11) is 0. The van der Waals surface area contributed by atoms with Crippen molar-refractivity contribution in [1.29, 1.82) is 0 Å². The number of ether oxygens (including phenoxy) is 1. The number of piperidine rings is 1. The van der Waals surface area contributed by atoms with Gasteiger partial charge in [-0.15, -0.1) is 24.5 Å². The van der Waals surface area contributed by atoms with Crippen molar-refractivity contribution in [1.82, 2.24) is 4.98 Å². The van der Waals surface area contributed by atoms with Gasteiger partial charge >= 0.3 is 6.36 Å². The highest BCUT2D eigenvalue weighted by Gasteiger charge is 2.31. The second kappa shape index (κ2) is 7.50. The average Bonchev–Trinajstić information content (AvgIpc) is 3.09. The van der Waals surface area contributed by atoms with Crippen LogP contribution in [0.25, 0.3) is 10.2 Å². The van der Waals surface area contributed by atoms with Crippen LogP contribution in [0.5, 0.6) is 11.5 Å². The Morgan fingerprint density at radius 1 is 1.14 bits per heavy atom. The molecule has 2 heterocycles. The average molecular weight is 408 g/mol. The summed E-state index contributed by atoms with van der Waals surface area (Å²) in [6.45, 7) is 1.66. The number of halogens is 3. The minimum atomic E-state index is -4.66. The van der Waals surface area contributed by atoms with E-state index in [2.05, 4.69) is 14.6 Å². The van der Waals surface area contributed by atoms with Crippen LogP contribution in [0.1, 0.15) is 18.4 Å². The monoisotopic (exact) mass is 408 g/mol. The topological polar surface area (TPSA) is 45.6 Å². The Morgan fingerprint density at radius 2 is 1.86 bits per heavy atom. The van der Waals surface area contributed by atoms with Crippen molar-refractivity contribution in [3.05, 3.63) is 47.5 Å². The van der Waals surface area contributed by atoms with Gasteiger partial charge in [0.25, 0.3) is 0 Å². The number of aromatic nitrogens is 1. The number of anilines is 1. The molecular weight excluding hydrogens is 389 g/mol. The maximum atomic E-state index is 12.2. The zero-order valence-corrected chi connectivity index (χ0v) is 15.8. The summed E-state index contributed by atoms with van der Waals surface area (Å²) in [5.74, 6) is 0.511. The maximum Gasteiger partial charge on any atom is 0.573 e. The number of alkyl halides is 3. The molecule has 28 heavy (non-hydrogen) atoms. The zero-order chi connectivity index (χ0) is 19.7.